The van der Waals surface area contributed by atoms with Gasteiger partial charge in [-0.3, -0.25) is 0 Å². The Morgan fingerprint density at radius 3 is 1.81 bits per heavy atom. The molecule has 3 rings (SSSR count). The van der Waals surface area contributed by atoms with Crippen LogP contribution in [0.5, 0.6) is 11.5 Å². The number of hydrogen-bond acceptors (Lipinski definition) is 6. The van der Waals surface area contributed by atoms with Crippen molar-refractivity contribution in [2.75, 3.05) is 23.8 Å². The first-order valence-electron chi connectivity index (χ1n) is 9.10. The number of rotatable bonds is 10. The highest BCUT2D eigenvalue weighted by Gasteiger charge is 2.03. The van der Waals surface area contributed by atoms with Gasteiger partial charge >= 0.3 is 0 Å². The van der Waals surface area contributed by atoms with Crippen molar-refractivity contribution in [1.29, 1.82) is 0 Å². The first kappa shape index (κ1) is 18.6. The van der Waals surface area contributed by atoms with Crippen LogP contribution in [-0.2, 0) is 13.1 Å². The number of anilines is 2. The predicted molar refractivity (Wildman–Crippen MR) is 106 cm³/mol. The molecule has 0 spiro atoms. The van der Waals surface area contributed by atoms with Crippen LogP contribution in [0.4, 0.5) is 11.9 Å². The number of nitrogens with one attached hydrogen (secondary N) is 3. The Morgan fingerprint density at radius 1 is 0.778 bits per heavy atom. The molecule has 142 valence electrons. The highest BCUT2D eigenvalue weighted by molar-refractivity contribution is 5.37. The van der Waals surface area contributed by atoms with Crippen LogP contribution in [0.25, 0.3) is 0 Å². The molecule has 2 aromatic carbocycles. The topological polar surface area (TPSA) is 84.1 Å². The van der Waals surface area contributed by atoms with Crippen LogP contribution in [0.2, 0.25) is 0 Å². The molecule has 0 unspecified atom stereocenters. The maximum absolute atomic E-state index is 5.44. The molecule has 3 aromatic rings. The minimum absolute atomic E-state index is 0.554. The third-order valence-corrected chi connectivity index (χ3v) is 3.86. The fourth-order valence-electron chi connectivity index (χ4n) is 2.53. The second kappa shape index (κ2) is 9.47. The average Bonchev–Trinajstić information content (AvgIpc) is 3.15. The smallest absolute Gasteiger partial charge is 0.243 e. The van der Waals surface area contributed by atoms with E-state index in [9.17, 15) is 0 Å². The molecule has 1 heterocycles. The molecule has 0 bridgehead atoms. The van der Waals surface area contributed by atoms with Crippen molar-refractivity contribution < 1.29 is 9.47 Å². The van der Waals surface area contributed by atoms with E-state index in [2.05, 4.69) is 25.8 Å². The first-order valence-corrected chi connectivity index (χ1v) is 9.10. The fraction of sp³-hybridized carbons (Fsp3) is 0.300. The summed E-state index contributed by atoms with van der Waals surface area (Å²) in [5, 5.41) is 13.5. The molecule has 0 aliphatic carbocycles. The summed E-state index contributed by atoms with van der Waals surface area (Å²) in [4.78, 5) is 4.40. The van der Waals surface area contributed by atoms with Crippen LogP contribution in [0, 0.1) is 0 Å². The molecule has 0 aliphatic heterocycles. The highest BCUT2D eigenvalue weighted by Crippen LogP contribution is 2.15. The number of hydrogen-bond donors (Lipinski definition) is 3. The van der Waals surface area contributed by atoms with E-state index in [1.54, 1.807) is 0 Å². The van der Waals surface area contributed by atoms with E-state index < -0.39 is 0 Å². The second-order valence-electron chi connectivity index (χ2n) is 5.87. The monoisotopic (exact) mass is 367 g/mol. The van der Waals surface area contributed by atoms with Gasteiger partial charge in [0.15, 0.2) is 0 Å². The Morgan fingerprint density at radius 2 is 1.30 bits per heavy atom. The second-order valence-corrected chi connectivity index (χ2v) is 5.87. The van der Waals surface area contributed by atoms with E-state index >= 15 is 0 Å². The number of aromatic amines is 1. The lowest BCUT2D eigenvalue weighted by Gasteiger charge is -2.06. The highest BCUT2D eigenvalue weighted by atomic mass is 16.5. The summed E-state index contributed by atoms with van der Waals surface area (Å²) >= 11 is 0. The zero-order valence-electron chi connectivity index (χ0n) is 15.7. The first-order chi connectivity index (χ1) is 13.3. The maximum Gasteiger partial charge on any atom is 0.243 e. The van der Waals surface area contributed by atoms with Crippen molar-refractivity contribution in [2.24, 2.45) is 0 Å². The lowest BCUT2D eigenvalue weighted by atomic mass is 10.2. The van der Waals surface area contributed by atoms with E-state index in [1.807, 2.05) is 62.4 Å². The van der Waals surface area contributed by atoms with Crippen molar-refractivity contribution in [3.8, 4) is 11.5 Å². The fourth-order valence-corrected chi connectivity index (χ4v) is 2.53. The van der Waals surface area contributed by atoms with Crippen molar-refractivity contribution in [3.63, 3.8) is 0 Å². The molecule has 1 aromatic heterocycles. The van der Waals surface area contributed by atoms with Gasteiger partial charge in [-0.2, -0.15) is 4.98 Å². The summed E-state index contributed by atoms with van der Waals surface area (Å²) in [5.74, 6) is 2.93. The van der Waals surface area contributed by atoms with Gasteiger partial charge in [0.25, 0.3) is 0 Å². The molecule has 0 saturated carbocycles. The van der Waals surface area contributed by atoms with Crippen LogP contribution in [-0.4, -0.2) is 28.4 Å². The Kier molecular flexibility index (Phi) is 6.51. The van der Waals surface area contributed by atoms with Gasteiger partial charge in [-0.15, -0.1) is 5.10 Å². The summed E-state index contributed by atoms with van der Waals surface area (Å²) in [5.41, 5.74) is 2.27. The van der Waals surface area contributed by atoms with Crippen LogP contribution in [0.1, 0.15) is 25.0 Å². The summed E-state index contributed by atoms with van der Waals surface area (Å²) in [6.07, 6.45) is 0. The van der Waals surface area contributed by atoms with Gasteiger partial charge < -0.3 is 20.1 Å². The van der Waals surface area contributed by atoms with Crippen molar-refractivity contribution in [2.45, 2.75) is 26.9 Å². The third kappa shape index (κ3) is 5.64. The molecule has 0 fully saturated rings. The standard InChI is InChI=1S/C20H25N5O2/c1-3-26-17-9-5-15(6-10-17)13-21-19-23-20(25-24-19)22-14-16-7-11-18(12-8-16)27-4-2/h5-12H,3-4,13-14H2,1-2H3,(H3,21,22,23,24,25). The van der Waals surface area contributed by atoms with Crippen molar-refractivity contribution in [1.82, 2.24) is 15.2 Å². The number of aromatic nitrogens is 3. The Bertz CT molecular complexity index is 747. The molecule has 27 heavy (non-hydrogen) atoms. The van der Waals surface area contributed by atoms with Gasteiger partial charge in [-0.05, 0) is 49.2 Å². The lowest BCUT2D eigenvalue weighted by molar-refractivity contribution is 0.340. The molecular formula is C20H25N5O2. The van der Waals surface area contributed by atoms with Crippen LogP contribution in [0.3, 0.4) is 0 Å². The molecule has 7 heteroatoms. The zero-order valence-corrected chi connectivity index (χ0v) is 15.7. The van der Waals surface area contributed by atoms with E-state index in [0.717, 1.165) is 22.6 Å². The van der Waals surface area contributed by atoms with E-state index in [-0.39, 0.29) is 0 Å². The largest absolute Gasteiger partial charge is 0.494 e. The molecule has 0 saturated heterocycles. The molecule has 0 atom stereocenters. The molecule has 3 N–H and O–H groups in total. The molecule has 0 amide bonds. The SMILES string of the molecule is CCOc1ccc(CNc2n[nH]c(NCc3ccc(OCC)cc3)n2)cc1. The van der Waals surface area contributed by atoms with Gasteiger partial charge in [-0.25, -0.2) is 5.10 Å². The Balaban J connectivity index is 1.46. The van der Waals surface area contributed by atoms with Gasteiger partial charge in [0.1, 0.15) is 11.5 Å². The van der Waals surface area contributed by atoms with E-state index in [1.165, 1.54) is 0 Å². The Hall–Kier alpha value is -3.22. The average molecular weight is 367 g/mol. The maximum atomic E-state index is 5.44. The number of H-pyrrole nitrogens is 1. The van der Waals surface area contributed by atoms with Crippen LogP contribution >= 0.6 is 0 Å². The Labute approximate surface area is 159 Å². The van der Waals surface area contributed by atoms with Crippen molar-refractivity contribution >= 4 is 11.9 Å². The van der Waals surface area contributed by atoms with Crippen molar-refractivity contribution in [3.05, 3.63) is 59.7 Å². The van der Waals surface area contributed by atoms with Gasteiger partial charge in [0.05, 0.1) is 13.2 Å². The summed E-state index contributed by atoms with van der Waals surface area (Å²) in [6, 6.07) is 15.9. The molecular weight excluding hydrogens is 342 g/mol. The van der Waals surface area contributed by atoms with E-state index in [4.69, 9.17) is 9.47 Å². The molecule has 7 nitrogen and oxygen atoms in total. The summed E-state index contributed by atoms with van der Waals surface area (Å²) in [7, 11) is 0. The van der Waals surface area contributed by atoms with E-state index in [0.29, 0.717) is 38.2 Å². The summed E-state index contributed by atoms with van der Waals surface area (Å²) < 4.78 is 10.9. The predicted octanol–water partition coefficient (Wildman–Crippen LogP) is 3.83. The van der Waals surface area contributed by atoms with Crippen LogP contribution < -0.4 is 20.1 Å². The molecule has 0 aliphatic rings. The minimum Gasteiger partial charge on any atom is -0.494 e. The zero-order chi connectivity index (χ0) is 18.9. The van der Waals surface area contributed by atoms with Gasteiger partial charge in [-0.1, -0.05) is 24.3 Å². The van der Waals surface area contributed by atoms with Gasteiger partial charge in [0, 0.05) is 13.1 Å². The quantitative estimate of drug-likeness (QED) is 0.505. The number of nitrogens with zero attached hydrogens (tertiary/aromatic N) is 2. The van der Waals surface area contributed by atoms with Crippen LogP contribution in [0.15, 0.2) is 48.5 Å². The van der Waals surface area contributed by atoms with Gasteiger partial charge in [0.2, 0.25) is 11.9 Å². The number of ether oxygens (including phenoxy) is 2. The minimum atomic E-state index is 0.554. The third-order valence-electron chi connectivity index (χ3n) is 3.86. The molecule has 0 radical (unpaired) electrons. The number of benzene rings is 2. The summed E-state index contributed by atoms with van der Waals surface area (Å²) in [6.45, 7) is 6.58. The normalized spacial score (nSPS) is 10.4. The lowest BCUT2D eigenvalue weighted by Crippen LogP contribution is -2.02.